The van der Waals surface area contributed by atoms with Crippen LogP contribution in [-0.2, 0) is 4.74 Å². The number of hydrogen-bond acceptors (Lipinski definition) is 1. The molecule has 0 aromatic carbocycles. The van der Waals surface area contributed by atoms with E-state index in [1.165, 1.54) is 0 Å². The van der Waals surface area contributed by atoms with Crippen molar-refractivity contribution in [3.8, 4) is 12.3 Å². The second-order valence-corrected chi connectivity index (χ2v) is 1.90. The van der Waals surface area contributed by atoms with Crippen molar-refractivity contribution >= 4 is 0 Å². The van der Waals surface area contributed by atoms with Crippen LogP contribution in [-0.4, -0.2) is 12.7 Å². The van der Waals surface area contributed by atoms with E-state index in [0.29, 0.717) is 5.92 Å². The Labute approximate surface area is 43.7 Å². The molecule has 1 heterocycles. The Morgan fingerprint density at radius 2 is 2.57 bits per heavy atom. The average molecular weight is 96.1 g/mol. The summed E-state index contributed by atoms with van der Waals surface area (Å²) in [5, 5.41) is 0. The lowest BCUT2D eigenvalue weighted by Gasteiger charge is -2.29. The molecule has 7 heavy (non-hydrogen) atoms. The van der Waals surface area contributed by atoms with Crippen LogP contribution in [0.2, 0.25) is 0 Å². The van der Waals surface area contributed by atoms with Crippen molar-refractivity contribution < 1.29 is 4.74 Å². The number of rotatable bonds is 0. The second kappa shape index (κ2) is 1.55. The third-order valence-corrected chi connectivity index (χ3v) is 1.22. The number of terminal acetylenes is 1. The van der Waals surface area contributed by atoms with Gasteiger partial charge >= 0.3 is 0 Å². The van der Waals surface area contributed by atoms with Crippen LogP contribution >= 0.6 is 0 Å². The largest absolute Gasteiger partial charge is 0.365 e. The molecule has 1 rings (SSSR count). The number of ether oxygens (including phenoxy) is 1. The zero-order chi connectivity index (χ0) is 5.28. The maximum atomic E-state index is 5.05. The highest BCUT2D eigenvalue weighted by Gasteiger charge is 2.24. The summed E-state index contributed by atoms with van der Waals surface area (Å²) in [6, 6.07) is 0. The normalized spacial score (nSPS) is 38.9. The lowest BCUT2D eigenvalue weighted by atomic mass is 10.0. The summed E-state index contributed by atoms with van der Waals surface area (Å²) in [7, 11) is 0. The molecule has 0 aromatic heterocycles. The molecule has 1 heteroatoms. The molecule has 1 saturated heterocycles. The van der Waals surface area contributed by atoms with Gasteiger partial charge in [0.1, 0.15) is 6.10 Å². The summed E-state index contributed by atoms with van der Waals surface area (Å²) in [4.78, 5) is 0. The van der Waals surface area contributed by atoms with E-state index in [0.717, 1.165) is 6.61 Å². The molecular weight excluding hydrogens is 88.1 g/mol. The molecule has 38 valence electrons. The fourth-order valence-corrected chi connectivity index (χ4v) is 0.597. The molecule has 1 fully saturated rings. The Hall–Kier alpha value is -0.480. The first kappa shape index (κ1) is 4.67. The third kappa shape index (κ3) is 0.618. The van der Waals surface area contributed by atoms with E-state index in [1.54, 1.807) is 0 Å². The van der Waals surface area contributed by atoms with Crippen molar-refractivity contribution in [1.29, 1.82) is 0 Å². The molecule has 0 bridgehead atoms. The van der Waals surface area contributed by atoms with Crippen LogP contribution in [0.15, 0.2) is 0 Å². The van der Waals surface area contributed by atoms with E-state index in [2.05, 4.69) is 12.8 Å². The fraction of sp³-hybridized carbons (Fsp3) is 0.667. The quantitative estimate of drug-likeness (QED) is 0.402. The zero-order valence-electron chi connectivity index (χ0n) is 4.35. The van der Waals surface area contributed by atoms with E-state index in [-0.39, 0.29) is 6.10 Å². The molecule has 1 aliphatic heterocycles. The molecule has 0 saturated carbocycles. The van der Waals surface area contributed by atoms with Crippen molar-refractivity contribution in [2.75, 3.05) is 6.61 Å². The van der Waals surface area contributed by atoms with Crippen LogP contribution in [0.25, 0.3) is 0 Å². The summed E-state index contributed by atoms with van der Waals surface area (Å²) < 4.78 is 4.96. The SMILES string of the molecule is C#CC1OCC1C. The van der Waals surface area contributed by atoms with E-state index < -0.39 is 0 Å². The van der Waals surface area contributed by atoms with Crippen molar-refractivity contribution in [2.45, 2.75) is 13.0 Å². The topological polar surface area (TPSA) is 9.23 Å². The van der Waals surface area contributed by atoms with Gasteiger partial charge in [0.15, 0.2) is 0 Å². The van der Waals surface area contributed by atoms with Crippen LogP contribution in [0, 0.1) is 18.3 Å². The highest BCUT2D eigenvalue weighted by Crippen LogP contribution is 2.17. The van der Waals surface area contributed by atoms with Gasteiger partial charge in [0, 0.05) is 5.92 Å². The number of hydrogen-bond donors (Lipinski definition) is 0. The van der Waals surface area contributed by atoms with E-state index in [4.69, 9.17) is 11.2 Å². The van der Waals surface area contributed by atoms with Gasteiger partial charge in [-0.05, 0) is 0 Å². The van der Waals surface area contributed by atoms with Gasteiger partial charge in [-0.25, -0.2) is 0 Å². The smallest absolute Gasteiger partial charge is 0.122 e. The molecule has 2 atom stereocenters. The fourth-order valence-electron chi connectivity index (χ4n) is 0.597. The first-order chi connectivity index (χ1) is 3.34. The summed E-state index contributed by atoms with van der Waals surface area (Å²) in [5.41, 5.74) is 0. The second-order valence-electron chi connectivity index (χ2n) is 1.90. The third-order valence-electron chi connectivity index (χ3n) is 1.22. The molecule has 2 unspecified atom stereocenters. The van der Waals surface area contributed by atoms with Crippen molar-refractivity contribution in [3.05, 3.63) is 0 Å². The van der Waals surface area contributed by atoms with E-state index in [1.807, 2.05) is 0 Å². The minimum absolute atomic E-state index is 0.111. The van der Waals surface area contributed by atoms with Crippen molar-refractivity contribution in [1.82, 2.24) is 0 Å². The Morgan fingerprint density at radius 3 is 2.57 bits per heavy atom. The van der Waals surface area contributed by atoms with Gasteiger partial charge in [-0.1, -0.05) is 12.8 Å². The Bertz CT molecular complexity index is 101. The van der Waals surface area contributed by atoms with Gasteiger partial charge in [-0.15, -0.1) is 6.42 Å². The Balaban J connectivity index is 2.33. The van der Waals surface area contributed by atoms with Crippen LogP contribution in [0.1, 0.15) is 6.92 Å². The zero-order valence-corrected chi connectivity index (χ0v) is 4.35. The van der Waals surface area contributed by atoms with Crippen LogP contribution in [0.3, 0.4) is 0 Å². The molecule has 0 amide bonds. The monoisotopic (exact) mass is 96.1 g/mol. The minimum atomic E-state index is 0.111. The molecule has 0 N–H and O–H groups in total. The summed E-state index contributed by atoms with van der Waals surface area (Å²) in [5.74, 6) is 3.12. The minimum Gasteiger partial charge on any atom is -0.365 e. The van der Waals surface area contributed by atoms with E-state index in [9.17, 15) is 0 Å². The van der Waals surface area contributed by atoms with Crippen LogP contribution in [0.4, 0.5) is 0 Å². The Morgan fingerprint density at radius 1 is 1.86 bits per heavy atom. The van der Waals surface area contributed by atoms with Gasteiger partial charge in [0.25, 0.3) is 0 Å². The molecule has 0 spiro atoms. The van der Waals surface area contributed by atoms with Gasteiger partial charge in [-0.3, -0.25) is 0 Å². The maximum absolute atomic E-state index is 5.05. The average Bonchev–Trinajstić information content (AvgIpc) is 1.65. The Kier molecular flexibility index (Phi) is 1.04. The van der Waals surface area contributed by atoms with Gasteiger partial charge in [0.05, 0.1) is 6.61 Å². The van der Waals surface area contributed by atoms with E-state index >= 15 is 0 Å². The molecular formula is C6H8O. The van der Waals surface area contributed by atoms with Gasteiger partial charge < -0.3 is 4.74 Å². The highest BCUT2D eigenvalue weighted by atomic mass is 16.5. The molecule has 1 aliphatic rings. The molecule has 0 radical (unpaired) electrons. The van der Waals surface area contributed by atoms with Crippen LogP contribution < -0.4 is 0 Å². The first-order valence-corrected chi connectivity index (χ1v) is 2.42. The standard InChI is InChI=1S/C6H8O/c1-3-6-5(2)4-7-6/h1,5-6H,4H2,2H3. The van der Waals surface area contributed by atoms with Gasteiger partial charge in [-0.2, -0.15) is 0 Å². The summed E-state index contributed by atoms with van der Waals surface area (Å²) >= 11 is 0. The lowest BCUT2D eigenvalue weighted by molar-refractivity contribution is -0.0696. The summed E-state index contributed by atoms with van der Waals surface area (Å²) in [6.07, 6.45) is 5.16. The van der Waals surface area contributed by atoms with Crippen molar-refractivity contribution in [3.63, 3.8) is 0 Å². The summed E-state index contributed by atoms with van der Waals surface area (Å²) in [6.45, 7) is 2.93. The molecule has 0 aromatic rings. The maximum Gasteiger partial charge on any atom is 0.122 e. The predicted octanol–water partition coefficient (Wildman–Crippen LogP) is 0.654. The first-order valence-electron chi connectivity index (χ1n) is 2.42. The highest BCUT2D eigenvalue weighted by molar-refractivity contribution is 5.01. The lowest BCUT2D eigenvalue weighted by Crippen LogP contribution is -2.35. The molecule has 0 aliphatic carbocycles. The van der Waals surface area contributed by atoms with Crippen LogP contribution in [0.5, 0.6) is 0 Å². The van der Waals surface area contributed by atoms with Gasteiger partial charge in [0.2, 0.25) is 0 Å². The van der Waals surface area contributed by atoms with Crippen molar-refractivity contribution in [2.24, 2.45) is 5.92 Å². The predicted molar refractivity (Wildman–Crippen MR) is 27.7 cm³/mol. The molecule has 1 nitrogen and oxygen atoms in total.